The van der Waals surface area contributed by atoms with Gasteiger partial charge >= 0.3 is 0 Å². The molecule has 3 nitrogen and oxygen atoms in total. The van der Waals surface area contributed by atoms with Crippen LogP contribution in [0.4, 0.5) is 0 Å². The Morgan fingerprint density at radius 2 is 1.17 bits per heavy atom. The molecule has 0 aliphatic carbocycles. The van der Waals surface area contributed by atoms with E-state index in [0.29, 0.717) is 17.6 Å². The average Bonchev–Trinajstić information content (AvgIpc) is 2.67. The average molecular weight is 401 g/mol. The van der Waals surface area contributed by atoms with Crippen LogP contribution in [0, 0.1) is 0 Å². The normalized spacial score (nSPS) is 14.3. The molecule has 0 bridgehead atoms. The Morgan fingerprint density at radius 3 is 1.55 bits per heavy atom. The van der Waals surface area contributed by atoms with E-state index in [-0.39, 0.29) is 11.9 Å². The summed E-state index contributed by atoms with van der Waals surface area (Å²) in [5.41, 5.74) is 2.47. The molecule has 0 amide bonds. The molecule has 0 saturated carbocycles. The number of benzene rings is 2. The van der Waals surface area contributed by atoms with Crippen molar-refractivity contribution in [2.45, 2.75) is 92.0 Å². The molecule has 3 atom stereocenters. The molecule has 3 unspecified atom stereocenters. The zero-order valence-corrected chi connectivity index (χ0v) is 19.5. The molecule has 0 heterocycles. The van der Waals surface area contributed by atoms with E-state index in [0.717, 1.165) is 18.6 Å². The second-order valence-corrected chi connectivity index (χ2v) is 8.69. The second kappa shape index (κ2) is 11.9. The van der Waals surface area contributed by atoms with Crippen molar-refractivity contribution >= 4 is 0 Å². The van der Waals surface area contributed by atoms with Crippen LogP contribution >= 0.6 is 0 Å². The molecular formula is C26H40O3. The maximum absolute atomic E-state index is 9.01. The van der Waals surface area contributed by atoms with Crippen LogP contribution < -0.4 is 4.74 Å². The van der Waals surface area contributed by atoms with E-state index in [1.807, 2.05) is 52.0 Å². The minimum absolute atomic E-state index is 0.184. The third kappa shape index (κ3) is 9.85. The van der Waals surface area contributed by atoms with Crippen molar-refractivity contribution in [1.82, 2.24) is 0 Å². The second-order valence-electron chi connectivity index (χ2n) is 8.69. The number of hydrogen-bond acceptors (Lipinski definition) is 3. The summed E-state index contributed by atoms with van der Waals surface area (Å²) in [6.07, 6.45) is 2.06. The van der Waals surface area contributed by atoms with Crippen LogP contribution in [0.15, 0.2) is 48.5 Å². The van der Waals surface area contributed by atoms with Crippen molar-refractivity contribution in [2.24, 2.45) is 0 Å². The number of ether oxygens (including phenoxy) is 2. The van der Waals surface area contributed by atoms with Gasteiger partial charge in [-0.2, -0.15) is 0 Å². The van der Waals surface area contributed by atoms with Crippen molar-refractivity contribution in [2.75, 3.05) is 0 Å². The van der Waals surface area contributed by atoms with E-state index in [2.05, 4.69) is 39.8 Å². The number of phenols is 1. The number of rotatable bonds is 7. The fourth-order valence-corrected chi connectivity index (χ4v) is 2.86. The molecule has 0 radical (unpaired) electrons. The van der Waals surface area contributed by atoms with E-state index in [1.54, 1.807) is 12.1 Å². The highest BCUT2D eigenvalue weighted by atomic mass is 16.7. The molecule has 162 valence electrons. The summed E-state index contributed by atoms with van der Waals surface area (Å²) in [6.45, 7) is 16.8. The van der Waals surface area contributed by atoms with Crippen LogP contribution in [0.5, 0.6) is 11.5 Å². The lowest BCUT2D eigenvalue weighted by Crippen LogP contribution is -2.29. The highest BCUT2D eigenvalue weighted by molar-refractivity contribution is 5.29. The van der Waals surface area contributed by atoms with Crippen molar-refractivity contribution < 1.29 is 14.6 Å². The summed E-state index contributed by atoms with van der Waals surface area (Å²) < 4.78 is 11.5. The summed E-state index contributed by atoms with van der Waals surface area (Å²) in [5, 5.41) is 9.01. The highest BCUT2D eigenvalue weighted by Gasteiger charge is 2.16. The standard InChI is InChI=1S/C16H26O2.C10H14O/c1-7-12(2)14-8-10-15(11-9-14)17-13(3)18-16(4,5)6;1-3-8(2)9-4-6-10(11)7-5-9/h8-13H,7H2,1-6H3;4-8,11H,3H2,1-2H3. The molecule has 2 aromatic rings. The van der Waals surface area contributed by atoms with E-state index < -0.39 is 0 Å². The van der Waals surface area contributed by atoms with E-state index in [9.17, 15) is 0 Å². The zero-order chi connectivity index (χ0) is 22.0. The van der Waals surface area contributed by atoms with Gasteiger partial charge in [-0.05, 0) is 87.8 Å². The Labute approximate surface area is 178 Å². The van der Waals surface area contributed by atoms with Crippen LogP contribution in [-0.2, 0) is 4.74 Å². The summed E-state index contributed by atoms with van der Waals surface area (Å²) in [5.74, 6) is 2.40. The van der Waals surface area contributed by atoms with Crippen LogP contribution in [-0.4, -0.2) is 17.0 Å². The van der Waals surface area contributed by atoms with E-state index in [1.165, 1.54) is 11.1 Å². The molecule has 0 aromatic heterocycles. The maximum atomic E-state index is 9.01. The fraction of sp³-hybridized carbons (Fsp3) is 0.538. The molecule has 0 aliphatic rings. The monoisotopic (exact) mass is 400 g/mol. The first-order valence-corrected chi connectivity index (χ1v) is 10.8. The Balaban J connectivity index is 0.000000326. The van der Waals surface area contributed by atoms with Gasteiger partial charge in [0.2, 0.25) is 0 Å². The first-order chi connectivity index (χ1) is 13.6. The Bertz CT molecular complexity index is 683. The molecule has 0 fully saturated rings. The van der Waals surface area contributed by atoms with Gasteiger partial charge < -0.3 is 14.6 Å². The summed E-state index contributed by atoms with van der Waals surface area (Å²) in [4.78, 5) is 0. The van der Waals surface area contributed by atoms with E-state index >= 15 is 0 Å². The third-order valence-electron chi connectivity index (χ3n) is 4.96. The Morgan fingerprint density at radius 1 is 0.759 bits per heavy atom. The topological polar surface area (TPSA) is 38.7 Å². The van der Waals surface area contributed by atoms with Gasteiger partial charge in [0.25, 0.3) is 0 Å². The minimum Gasteiger partial charge on any atom is -0.508 e. The van der Waals surface area contributed by atoms with Gasteiger partial charge in [0.15, 0.2) is 6.29 Å². The van der Waals surface area contributed by atoms with Gasteiger partial charge in [-0.3, -0.25) is 0 Å². The molecule has 2 aromatic carbocycles. The molecular weight excluding hydrogens is 360 g/mol. The van der Waals surface area contributed by atoms with Crippen LogP contribution in [0.25, 0.3) is 0 Å². The smallest absolute Gasteiger partial charge is 0.197 e. The third-order valence-corrected chi connectivity index (χ3v) is 4.96. The number of phenolic OH excluding ortho intramolecular Hbond substituents is 1. The Hall–Kier alpha value is -2.00. The molecule has 2 rings (SSSR count). The van der Waals surface area contributed by atoms with Crippen molar-refractivity contribution in [3.8, 4) is 11.5 Å². The predicted molar refractivity (Wildman–Crippen MR) is 123 cm³/mol. The first kappa shape index (κ1) is 25.0. The van der Waals surface area contributed by atoms with Crippen LogP contribution in [0.3, 0.4) is 0 Å². The number of aromatic hydroxyl groups is 1. The lowest BCUT2D eigenvalue weighted by Gasteiger charge is -2.25. The van der Waals surface area contributed by atoms with Gasteiger partial charge in [0.05, 0.1) is 5.60 Å². The quantitative estimate of drug-likeness (QED) is 0.485. The van der Waals surface area contributed by atoms with Gasteiger partial charge in [-0.25, -0.2) is 0 Å². The summed E-state index contributed by atoms with van der Waals surface area (Å²) in [7, 11) is 0. The Kier molecular flexibility index (Phi) is 10.2. The fourth-order valence-electron chi connectivity index (χ4n) is 2.86. The minimum atomic E-state index is -0.237. The predicted octanol–water partition coefficient (Wildman–Crippen LogP) is 7.65. The van der Waals surface area contributed by atoms with Crippen LogP contribution in [0.1, 0.15) is 91.2 Å². The SMILES string of the molecule is CCC(C)c1ccc(O)cc1.CCC(C)c1ccc(OC(C)OC(C)(C)C)cc1. The lowest BCUT2D eigenvalue weighted by molar-refractivity contribution is -0.140. The van der Waals surface area contributed by atoms with Crippen LogP contribution in [0.2, 0.25) is 0 Å². The summed E-state index contributed by atoms with van der Waals surface area (Å²) >= 11 is 0. The molecule has 29 heavy (non-hydrogen) atoms. The zero-order valence-electron chi connectivity index (χ0n) is 19.5. The summed E-state index contributed by atoms with van der Waals surface area (Å²) in [6, 6.07) is 15.7. The first-order valence-electron chi connectivity index (χ1n) is 10.8. The molecule has 1 N–H and O–H groups in total. The molecule has 0 aliphatic heterocycles. The van der Waals surface area contributed by atoms with Gasteiger partial charge in [0, 0.05) is 0 Å². The number of hydrogen-bond donors (Lipinski definition) is 1. The van der Waals surface area contributed by atoms with Gasteiger partial charge in [-0.15, -0.1) is 0 Å². The van der Waals surface area contributed by atoms with Crippen molar-refractivity contribution in [3.05, 3.63) is 59.7 Å². The largest absolute Gasteiger partial charge is 0.508 e. The van der Waals surface area contributed by atoms with Crippen molar-refractivity contribution in [1.29, 1.82) is 0 Å². The maximum Gasteiger partial charge on any atom is 0.197 e. The molecule has 0 spiro atoms. The highest BCUT2D eigenvalue weighted by Crippen LogP contribution is 2.23. The lowest BCUT2D eigenvalue weighted by atomic mass is 9.99. The van der Waals surface area contributed by atoms with Gasteiger partial charge in [0.1, 0.15) is 11.5 Å². The van der Waals surface area contributed by atoms with Gasteiger partial charge in [-0.1, -0.05) is 52.0 Å². The van der Waals surface area contributed by atoms with Crippen molar-refractivity contribution in [3.63, 3.8) is 0 Å². The molecule has 0 saturated heterocycles. The van der Waals surface area contributed by atoms with E-state index in [4.69, 9.17) is 14.6 Å². The molecule has 3 heteroatoms.